The van der Waals surface area contributed by atoms with Crippen LogP contribution in [0.5, 0.6) is 11.5 Å². The van der Waals surface area contributed by atoms with Crippen molar-refractivity contribution in [3.05, 3.63) is 75.8 Å². The lowest BCUT2D eigenvalue weighted by Gasteiger charge is -2.36. The lowest BCUT2D eigenvalue weighted by molar-refractivity contribution is 0.149. The number of nitrogens with one attached hydrogen (secondary N) is 1. The zero-order valence-electron chi connectivity index (χ0n) is 21.0. The van der Waals surface area contributed by atoms with E-state index in [2.05, 4.69) is 32.5 Å². The second kappa shape index (κ2) is 10.5. The molecule has 2 aromatic heterocycles. The third-order valence-electron chi connectivity index (χ3n) is 7.23. The number of hydrogen-bond donors (Lipinski definition) is 1. The van der Waals surface area contributed by atoms with E-state index in [1.165, 1.54) is 19.3 Å². The molecule has 2 heterocycles. The molecule has 0 amide bonds. The predicted octanol–water partition coefficient (Wildman–Crippen LogP) is 3.93. The molecule has 9 nitrogen and oxygen atoms in total. The summed E-state index contributed by atoms with van der Waals surface area (Å²) in [7, 11) is 5.35. The number of aromatic amines is 1. The highest BCUT2D eigenvalue weighted by Crippen LogP contribution is 2.32. The number of rotatable bonds is 8. The number of H-pyrrole nitrogens is 1. The van der Waals surface area contributed by atoms with Crippen LogP contribution in [0.4, 0.5) is 0 Å². The van der Waals surface area contributed by atoms with E-state index in [4.69, 9.17) is 9.47 Å². The molecular formula is C27H32N6O3. The van der Waals surface area contributed by atoms with Crippen molar-refractivity contribution in [2.24, 2.45) is 0 Å². The maximum Gasteiger partial charge on any atom is 0.253 e. The SMILES string of the molecule is COc1ccc(Cn2nnnc2[C@@H](c2cc3ccc(OC)cc3[nH]c2=O)N(C)C2CCCCC2)cc1. The first-order valence-corrected chi connectivity index (χ1v) is 12.4. The molecule has 1 fully saturated rings. The summed E-state index contributed by atoms with van der Waals surface area (Å²) in [6.45, 7) is 0.490. The van der Waals surface area contributed by atoms with E-state index in [1.54, 1.807) is 18.9 Å². The van der Waals surface area contributed by atoms with Crippen molar-refractivity contribution in [3.8, 4) is 11.5 Å². The largest absolute Gasteiger partial charge is 0.497 e. The average Bonchev–Trinajstić information content (AvgIpc) is 3.37. The van der Waals surface area contributed by atoms with Gasteiger partial charge in [-0.1, -0.05) is 31.4 Å². The Bertz CT molecular complexity index is 1370. The molecule has 0 spiro atoms. The second-order valence-electron chi connectivity index (χ2n) is 9.41. The summed E-state index contributed by atoms with van der Waals surface area (Å²) in [6, 6.07) is 15.5. The number of nitrogens with zero attached hydrogens (tertiary/aromatic N) is 5. The minimum Gasteiger partial charge on any atom is -0.497 e. The monoisotopic (exact) mass is 488 g/mol. The minimum atomic E-state index is -0.392. The van der Waals surface area contributed by atoms with Crippen molar-refractivity contribution >= 4 is 10.9 Å². The Kier molecular flexibility index (Phi) is 6.99. The van der Waals surface area contributed by atoms with E-state index >= 15 is 0 Å². The Morgan fingerprint density at radius 3 is 2.47 bits per heavy atom. The Morgan fingerprint density at radius 1 is 1.03 bits per heavy atom. The molecule has 36 heavy (non-hydrogen) atoms. The van der Waals surface area contributed by atoms with Gasteiger partial charge in [0.05, 0.1) is 26.3 Å². The first kappa shape index (κ1) is 24.0. The van der Waals surface area contributed by atoms with Crippen molar-refractivity contribution in [1.29, 1.82) is 0 Å². The van der Waals surface area contributed by atoms with E-state index in [1.807, 2.05) is 48.5 Å². The molecule has 1 atom stereocenters. The minimum absolute atomic E-state index is 0.151. The smallest absolute Gasteiger partial charge is 0.253 e. The molecule has 1 aliphatic carbocycles. The molecule has 188 valence electrons. The van der Waals surface area contributed by atoms with Gasteiger partial charge in [-0.2, -0.15) is 0 Å². The molecule has 1 saturated carbocycles. The molecule has 0 saturated heterocycles. The Morgan fingerprint density at radius 2 is 1.75 bits per heavy atom. The fraction of sp³-hybridized carbons (Fsp3) is 0.407. The third-order valence-corrected chi connectivity index (χ3v) is 7.23. The van der Waals surface area contributed by atoms with Gasteiger partial charge in [0.15, 0.2) is 5.82 Å². The topological polar surface area (TPSA) is 98.2 Å². The number of hydrogen-bond acceptors (Lipinski definition) is 7. The van der Waals surface area contributed by atoms with E-state index in [9.17, 15) is 4.79 Å². The van der Waals surface area contributed by atoms with Gasteiger partial charge in [-0.15, -0.1) is 5.10 Å². The summed E-state index contributed by atoms with van der Waals surface area (Å²) in [6.07, 6.45) is 5.81. The maximum absolute atomic E-state index is 13.5. The van der Waals surface area contributed by atoms with Crippen molar-refractivity contribution in [3.63, 3.8) is 0 Å². The number of methoxy groups -OCH3 is 2. The van der Waals surface area contributed by atoms with Crippen LogP contribution in [-0.2, 0) is 6.54 Å². The van der Waals surface area contributed by atoms with Crippen LogP contribution in [0.25, 0.3) is 10.9 Å². The molecule has 0 unspecified atom stereocenters. The van der Waals surface area contributed by atoms with Crippen molar-refractivity contribution in [1.82, 2.24) is 30.1 Å². The van der Waals surface area contributed by atoms with E-state index < -0.39 is 6.04 Å². The Labute approximate surface area is 210 Å². The molecule has 9 heteroatoms. The number of tetrazole rings is 1. The van der Waals surface area contributed by atoms with Gasteiger partial charge >= 0.3 is 0 Å². The highest BCUT2D eigenvalue weighted by Gasteiger charge is 2.33. The highest BCUT2D eigenvalue weighted by molar-refractivity contribution is 5.80. The van der Waals surface area contributed by atoms with Gasteiger partial charge in [-0.3, -0.25) is 9.69 Å². The van der Waals surface area contributed by atoms with E-state index in [0.29, 0.717) is 29.7 Å². The van der Waals surface area contributed by atoms with Crippen molar-refractivity contribution in [2.75, 3.05) is 21.3 Å². The second-order valence-corrected chi connectivity index (χ2v) is 9.41. The first-order valence-electron chi connectivity index (χ1n) is 12.4. The first-order chi connectivity index (χ1) is 17.6. The van der Waals surface area contributed by atoms with E-state index in [0.717, 1.165) is 35.1 Å². The average molecular weight is 489 g/mol. The van der Waals surface area contributed by atoms with Gasteiger partial charge in [-0.05, 0) is 71.6 Å². The van der Waals surface area contributed by atoms with Gasteiger partial charge in [0, 0.05) is 17.7 Å². The molecule has 1 N–H and O–H groups in total. The molecule has 5 rings (SSSR count). The maximum atomic E-state index is 13.5. The summed E-state index contributed by atoms with van der Waals surface area (Å²) in [4.78, 5) is 18.8. The summed E-state index contributed by atoms with van der Waals surface area (Å²) in [5.74, 6) is 2.15. The molecule has 0 bridgehead atoms. The van der Waals surface area contributed by atoms with Crippen LogP contribution >= 0.6 is 0 Å². The van der Waals surface area contributed by atoms with Gasteiger partial charge in [-0.25, -0.2) is 4.68 Å². The lowest BCUT2D eigenvalue weighted by Crippen LogP contribution is -2.40. The van der Waals surface area contributed by atoms with Crippen molar-refractivity contribution < 1.29 is 9.47 Å². The van der Waals surface area contributed by atoms with Crippen LogP contribution in [0, 0.1) is 0 Å². The molecular weight excluding hydrogens is 456 g/mol. The fourth-order valence-corrected chi connectivity index (χ4v) is 5.19. The number of fused-ring (bicyclic) bond motifs is 1. The van der Waals surface area contributed by atoms with Crippen LogP contribution in [0.3, 0.4) is 0 Å². The quantitative estimate of drug-likeness (QED) is 0.401. The van der Waals surface area contributed by atoms with Crippen LogP contribution in [0.15, 0.2) is 53.3 Å². The highest BCUT2D eigenvalue weighted by atomic mass is 16.5. The third kappa shape index (κ3) is 4.83. The number of benzene rings is 2. The predicted molar refractivity (Wildman–Crippen MR) is 138 cm³/mol. The molecule has 2 aromatic carbocycles. The van der Waals surface area contributed by atoms with Gasteiger partial charge in [0.1, 0.15) is 17.5 Å². The summed E-state index contributed by atoms with van der Waals surface area (Å²) in [5, 5.41) is 13.7. The van der Waals surface area contributed by atoms with Crippen LogP contribution < -0.4 is 15.0 Å². The zero-order chi connectivity index (χ0) is 25.1. The van der Waals surface area contributed by atoms with Crippen LogP contribution in [-0.4, -0.2) is 57.4 Å². The molecule has 0 radical (unpaired) electrons. The number of aromatic nitrogens is 5. The normalized spacial score (nSPS) is 15.3. The molecule has 4 aromatic rings. The van der Waals surface area contributed by atoms with Crippen LogP contribution in [0.2, 0.25) is 0 Å². The van der Waals surface area contributed by atoms with Gasteiger partial charge < -0.3 is 14.5 Å². The number of ether oxygens (including phenoxy) is 2. The molecule has 0 aliphatic heterocycles. The Hall–Kier alpha value is -3.72. The lowest BCUT2D eigenvalue weighted by atomic mass is 9.92. The Balaban J connectivity index is 1.58. The van der Waals surface area contributed by atoms with E-state index in [-0.39, 0.29) is 5.56 Å². The number of pyridine rings is 1. The summed E-state index contributed by atoms with van der Waals surface area (Å²) >= 11 is 0. The summed E-state index contributed by atoms with van der Waals surface area (Å²) in [5.41, 5.74) is 2.26. The fourth-order valence-electron chi connectivity index (χ4n) is 5.19. The zero-order valence-corrected chi connectivity index (χ0v) is 21.0. The standard InChI is InChI=1S/C27H32N6O3/c1-32(20-7-5-4-6-8-20)25(23-15-19-11-14-22(36-3)16-24(19)28-27(23)34)26-29-30-31-33(26)17-18-9-12-21(35-2)13-10-18/h9-16,20,25H,4-8,17H2,1-3H3,(H,28,34)/t25-/m1/s1. The molecule has 1 aliphatic rings. The van der Waals surface area contributed by atoms with Gasteiger partial charge in [0.25, 0.3) is 5.56 Å². The summed E-state index contributed by atoms with van der Waals surface area (Å²) < 4.78 is 12.4. The van der Waals surface area contributed by atoms with Gasteiger partial charge in [0.2, 0.25) is 0 Å². The van der Waals surface area contributed by atoms with Crippen LogP contribution in [0.1, 0.15) is 55.1 Å². The van der Waals surface area contributed by atoms with Crippen molar-refractivity contribution in [2.45, 2.75) is 50.7 Å².